The summed E-state index contributed by atoms with van der Waals surface area (Å²) in [6.45, 7) is 8.50. The number of hydrogen-bond donors (Lipinski definition) is 1. The number of nitrogens with one attached hydrogen (secondary N) is 1. The molecule has 150 valence electrons. The number of benzene rings is 2. The van der Waals surface area contributed by atoms with Gasteiger partial charge in [-0.05, 0) is 54.3 Å². The first-order valence-corrected chi connectivity index (χ1v) is 10.00. The molecule has 0 bridgehead atoms. The Kier molecular flexibility index (Phi) is 7.63. The Morgan fingerprint density at radius 1 is 1.07 bits per heavy atom. The van der Waals surface area contributed by atoms with Crippen molar-refractivity contribution in [3.63, 3.8) is 0 Å². The van der Waals surface area contributed by atoms with Gasteiger partial charge in [0.2, 0.25) is 0 Å². The number of ether oxygens (including phenoxy) is 2. The van der Waals surface area contributed by atoms with Crippen molar-refractivity contribution in [3.05, 3.63) is 58.1 Å². The molecule has 1 amide bonds. The molecule has 2 aromatic rings. The predicted octanol–water partition coefficient (Wildman–Crippen LogP) is 5.33. The van der Waals surface area contributed by atoms with Gasteiger partial charge in [0.15, 0.2) is 6.61 Å². The van der Waals surface area contributed by atoms with E-state index >= 15 is 0 Å². The molecule has 0 heterocycles. The highest BCUT2D eigenvalue weighted by Crippen LogP contribution is 2.33. The van der Waals surface area contributed by atoms with E-state index in [0.29, 0.717) is 23.6 Å². The normalized spacial score (nSPS) is 11.0. The summed E-state index contributed by atoms with van der Waals surface area (Å²) < 4.78 is 11.8. The Bertz CT molecular complexity index is 825. The van der Waals surface area contributed by atoms with E-state index in [1.54, 1.807) is 24.3 Å². The fourth-order valence-corrected chi connectivity index (χ4v) is 2.88. The zero-order valence-corrected chi connectivity index (χ0v) is 18.3. The second-order valence-corrected chi connectivity index (χ2v) is 8.36. The van der Waals surface area contributed by atoms with Gasteiger partial charge in [0.25, 0.3) is 5.91 Å². The summed E-state index contributed by atoms with van der Waals surface area (Å²) in [6, 6.07) is 12.3. The lowest BCUT2D eigenvalue weighted by Crippen LogP contribution is -2.22. The molecule has 5 nitrogen and oxygen atoms in total. The lowest BCUT2D eigenvalue weighted by molar-refractivity contribution is -0.118. The first-order valence-electron chi connectivity index (χ1n) is 9.20. The van der Waals surface area contributed by atoms with Gasteiger partial charge in [-0.15, -0.1) is 0 Å². The molecule has 6 heteroatoms. The Hall–Kier alpha value is -2.34. The number of anilines is 1. The first-order chi connectivity index (χ1) is 13.2. The average molecular weight is 448 g/mol. The average Bonchev–Trinajstić information content (AvgIpc) is 2.65. The van der Waals surface area contributed by atoms with Gasteiger partial charge in [0.05, 0.1) is 12.2 Å². The van der Waals surface area contributed by atoms with E-state index in [1.165, 1.54) is 0 Å². The number of carbonyl (C=O) groups excluding carboxylic acids is 2. The molecule has 28 heavy (non-hydrogen) atoms. The molecule has 0 unspecified atom stereocenters. The SMILES string of the molecule is CCCOC(=O)c1ccc(NC(=O)COc2ccc(Br)cc2C(C)(C)C)cc1. The Labute approximate surface area is 174 Å². The predicted molar refractivity (Wildman–Crippen MR) is 114 cm³/mol. The zero-order chi connectivity index (χ0) is 20.7. The van der Waals surface area contributed by atoms with Crippen LogP contribution in [0, 0.1) is 0 Å². The molecule has 1 N–H and O–H groups in total. The molecule has 0 saturated heterocycles. The fourth-order valence-electron chi connectivity index (χ4n) is 2.52. The summed E-state index contributed by atoms with van der Waals surface area (Å²) in [4.78, 5) is 24.0. The Morgan fingerprint density at radius 3 is 2.36 bits per heavy atom. The molecule has 0 fully saturated rings. The molecule has 0 atom stereocenters. The van der Waals surface area contributed by atoms with E-state index in [4.69, 9.17) is 9.47 Å². The third-order valence-electron chi connectivity index (χ3n) is 3.95. The maximum atomic E-state index is 12.2. The smallest absolute Gasteiger partial charge is 0.338 e. The number of rotatable bonds is 7. The number of hydrogen-bond acceptors (Lipinski definition) is 4. The van der Waals surface area contributed by atoms with Crippen LogP contribution >= 0.6 is 15.9 Å². The third-order valence-corrected chi connectivity index (χ3v) is 4.44. The van der Waals surface area contributed by atoms with E-state index in [9.17, 15) is 9.59 Å². The lowest BCUT2D eigenvalue weighted by atomic mass is 9.86. The molecular formula is C22H26BrNO4. The van der Waals surface area contributed by atoms with Crippen LogP contribution in [0.4, 0.5) is 5.69 Å². The van der Waals surface area contributed by atoms with Crippen LogP contribution in [0.2, 0.25) is 0 Å². The van der Waals surface area contributed by atoms with E-state index in [1.807, 2.05) is 25.1 Å². The molecule has 0 radical (unpaired) electrons. The number of carbonyl (C=O) groups is 2. The van der Waals surface area contributed by atoms with Gasteiger partial charge >= 0.3 is 5.97 Å². The minimum Gasteiger partial charge on any atom is -0.483 e. The standard InChI is InChI=1S/C22H26BrNO4/c1-5-12-27-21(26)15-6-9-17(10-7-15)24-20(25)14-28-19-11-8-16(23)13-18(19)22(2,3)4/h6-11,13H,5,12,14H2,1-4H3,(H,24,25). The molecule has 2 rings (SSSR count). The molecule has 0 aliphatic rings. The first kappa shape index (κ1) is 22.0. The van der Waals surface area contributed by atoms with Gasteiger partial charge < -0.3 is 14.8 Å². The van der Waals surface area contributed by atoms with E-state index in [0.717, 1.165) is 16.5 Å². The van der Waals surface area contributed by atoms with Crippen LogP contribution in [0.5, 0.6) is 5.75 Å². The zero-order valence-electron chi connectivity index (χ0n) is 16.7. The largest absolute Gasteiger partial charge is 0.483 e. The highest BCUT2D eigenvalue weighted by molar-refractivity contribution is 9.10. The maximum absolute atomic E-state index is 12.2. The van der Waals surface area contributed by atoms with E-state index in [-0.39, 0.29) is 23.9 Å². The molecule has 0 aliphatic carbocycles. The van der Waals surface area contributed by atoms with Gasteiger partial charge in [-0.2, -0.15) is 0 Å². The second-order valence-electron chi connectivity index (χ2n) is 7.44. The molecular weight excluding hydrogens is 422 g/mol. The van der Waals surface area contributed by atoms with Crippen LogP contribution in [0.25, 0.3) is 0 Å². The van der Waals surface area contributed by atoms with Crippen molar-refractivity contribution in [3.8, 4) is 5.75 Å². The van der Waals surface area contributed by atoms with Crippen molar-refractivity contribution >= 4 is 33.5 Å². The molecule has 0 aliphatic heterocycles. The second kappa shape index (κ2) is 9.73. The van der Waals surface area contributed by atoms with Crippen molar-refractivity contribution in [2.24, 2.45) is 0 Å². The molecule has 0 spiro atoms. The molecule has 0 aromatic heterocycles. The Balaban J connectivity index is 1.96. The van der Waals surface area contributed by atoms with Crippen molar-refractivity contribution in [1.82, 2.24) is 0 Å². The van der Waals surface area contributed by atoms with Crippen molar-refractivity contribution in [2.45, 2.75) is 39.5 Å². The van der Waals surface area contributed by atoms with Crippen LogP contribution < -0.4 is 10.1 Å². The summed E-state index contributed by atoms with van der Waals surface area (Å²) in [6.07, 6.45) is 0.773. The quantitative estimate of drug-likeness (QED) is 0.582. The molecule has 2 aromatic carbocycles. The van der Waals surface area contributed by atoms with Crippen LogP contribution in [0.3, 0.4) is 0 Å². The van der Waals surface area contributed by atoms with Crippen molar-refractivity contribution in [2.75, 3.05) is 18.5 Å². The Morgan fingerprint density at radius 2 is 1.75 bits per heavy atom. The van der Waals surface area contributed by atoms with Gasteiger partial charge in [-0.3, -0.25) is 4.79 Å². The van der Waals surface area contributed by atoms with Gasteiger partial charge in [0, 0.05) is 15.7 Å². The highest BCUT2D eigenvalue weighted by Gasteiger charge is 2.20. The summed E-state index contributed by atoms with van der Waals surface area (Å²) in [5.74, 6) is 0.0389. The van der Waals surface area contributed by atoms with Gasteiger partial charge in [0.1, 0.15) is 5.75 Å². The lowest BCUT2D eigenvalue weighted by Gasteiger charge is -2.23. The summed E-state index contributed by atoms with van der Waals surface area (Å²) in [7, 11) is 0. The minimum atomic E-state index is -0.368. The number of amides is 1. The minimum absolute atomic E-state index is 0.106. The third kappa shape index (κ3) is 6.37. The summed E-state index contributed by atoms with van der Waals surface area (Å²) in [5, 5.41) is 2.77. The number of halogens is 1. The monoisotopic (exact) mass is 447 g/mol. The van der Waals surface area contributed by atoms with Crippen LogP contribution in [-0.2, 0) is 14.9 Å². The molecule has 0 saturated carbocycles. The highest BCUT2D eigenvalue weighted by atomic mass is 79.9. The number of esters is 1. The van der Waals surface area contributed by atoms with Gasteiger partial charge in [-0.25, -0.2) is 4.79 Å². The topological polar surface area (TPSA) is 64.6 Å². The van der Waals surface area contributed by atoms with E-state index in [2.05, 4.69) is 42.0 Å². The summed E-state index contributed by atoms with van der Waals surface area (Å²) >= 11 is 3.48. The van der Waals surface area contributed by atoms with Crippen molar-refractivity contribution in [1.29, 1.82) is 0 Å². The fraction of sp³-hybridized carbons (Fsp3) is 0.364. The van der Waals surface area contributed by atoms with E-state index < -0.39 is 0 Å². The van der Waals surface area contributed by atoms with Crippen LogP contribution in [-0.4, -0.2) is 25.1 Å². The van der Waals surface area contributed by atoms with Crippen molar-refractivity contribution < 1.29 is 19.1 Å². The van der Waals surface area contributed by atoms with Crippen LogP contribution in [0.1, 0.15) is 50.0 Å². The summed E-state index contributed by atoms with van der Waals surface area (Å²) in [5.41, 5.74) is 1.95. The van der Waals surface area contributed by atoms with Gasteiger partial charge in [-0.1, -0.05) is 43.6 Å². The van der Waals surface area contributed by atoms with Crippen LogP contribution in [0.15, 0.2) is 46.9 Å². The maximum Gasteiger partial charge on any atom is 0.338 e.